The molecule has 1 saturated heterocycles. The standard InChI is InChI=1S/C16H17BF4N2O2/c1-14(2)15(3,4)25-17(24-14)10-8-22-23(9-10)13-6-5-11(18)7-12(13)16(19,20)21/h5-9H,1-4H3. The van der Waals surface area contributed by atoms with Crippen molar-refractivity contribution in [3.8, 4) is 5.69 Å². The molecule has 0 aliphatic carbocycles. The van der Waals surface area contributed by atoms with Gasteiger partial charge in [-0.3, -0.25) is 0 Å². The maximum atomic E-state index is 13.2. The van der Waals surface area contributed by atoms with Gasteiger partial charge < -0.3 is 9.31 Å². The van der Waals surface area contributed by atoms with E-state index in [1.807, 2.05) is 27.7 Å². The van der Waals surface area contributed by atoms with Gasteiger partial charge >= 0.3 is 13.3 Å². The first-order valence-corrected chi connectivity index (χ1v) is 7.68. The fourth-order valence-electron chi connectivity index (χ4n) is 2.50. The summed E-state index contributed by atoms with van der Waals surface area (Å²) in [7, 11) is -0.742. The van der Waals surface area contributed by atoms with Crippen LogP contribution in [0.1, 0.15) is 33.3 Å². The molecule has 1 aliphatic heterocycles. The van der Waals surface area contributed by atoms with Crippen molar-refractivity contribution in [2.75, 3.05) is 0 Å². The third-order valence-electron chi connectivity index (χ3n) is 4.64. The molecule has 9 heteroatoms. The number of benzene rings is 1. The summed E-state index contributed by atoms with van der Waals surface area (Å²) < 4.78 is 65.5. The van der Waals surface area contributed by atoms with Crippen LogP contribution in [0.2, 0.25) is 0 Å². The maximum Gasteiger partial charge on any atom is 0.498 e. The molecule has 1 aliphatic rings. The van der Waals surface area contributed by atoms with Crippen LogP contribution in [0.5, 0.6) is 0 Å². The van der Waals surface area contributed by atoms with E-state index >= 15 is 0 Å². The van der Waals surface area contributed by atoms with E-state index in [-0.39, 0.29) is 5.69 Å². The van der Waals surface area contributed by atoms with E-state index in [1.165, 1.54) is 12.4 Å². The van der Waals surface area contributed by atoms with Crippen LogP contribution in [-0.2, 0) is 15.5 Å². The third kappa shape index (κ3) is 3.18. The monoisotopic (exact) mass is 356 g/mol. The van der Waals surface area contributed by atoms with Crippen LogP contribution in [0.4, 0.5) is 17.6 Å². The predicted octanol–water partition coefficient (Wildman–Crippen LogP) is 3.33. The summed E-state index contributed by atoms with van der Waals surface area (Å²) in [6.45, 7) is 7.50. The smallest absolute Gasteiger partial charge is 0.399 e. The van der Waals surface area contributed by atoms with Gasteiger partial charge in [0.05, 0.1) is 22.5 Å². The summed E-state index contributed by atoms with van der Waals surface area (Å²) in [5.41, 5.74) is -2.04. The van der Waals surface area contributed by atoms with E-state index < -0.39 is 35.9 Å². The highest BCUT2D eigenvalue weighted by Gasteiger charge is 2.52. The van der Waals surface area contributed by atoms with Crippen molar-refractivity contribution in [3.05, 3.63) is 42.0 Å². The molecule has 2 aromatic rings. The molecular formula is C16H17BF4N2O2. The molecule has 0 radical (unpaired) electrons. The predicted molar refractivity (Wildman–Crippen MR) is 84.2 cm³/mol. The van der Waals surface area contributed by atoms with Crippen molar-refractivity contribution in [2.24, 2.45) is 0 Å². The van der Waals surface area contributed by atoms with Gasteiger partial charge in [-0.2, -0.15) is 18.3 Å². The summed E-state index contributed by atoms with van der Waals surface area (Å²) in [4.78, 5) is 0. The molecule has 0 bridgehead atoms. The quantitative estimate of drug-likeness (QED) is 0.612. The molecule has 2 heterocycles. The molecule has 0 saturated carbocycles. The lowest BCUT2D eigenvalue weighted by Gasteiger charge is -2.32. The van der Waals surface area contributed by atoms with Gasteiger partial charge in [0.2, 0.25) is 0 Å². The van der Waals surface area contributed by atoms with Gasteiger partial charge in [-0.1, -0.05) is 0 Å². The normalized spacial score (nSPS) is 19.4. The molecule has 134 valence electrons. The lowest BCUT2D eigenvalue weighted by atomic mass is 9.82. The van der Waals surface area contributed by atoms with Gasteiger partial charge in [-0.05, 0) is 45.9 Å². The van der Waals surface area contributed by atoms with Gasteiger partial charge in [0.25, 0.3) is 0 Å². The zero-order valence-electron chi connectivity index (χ0n) is 14.2. The van der Waals surface area contributed by atoms with Crippen molar-refractivity contribution in [1.82, 2.24) is 9.78 Å². The minimum absolute atomic E-state index is 0.267. The second-order valence-corrected chi connectivity index (χ2v) is 6.97. The van der Waals surface area contributed by atoms with E-state index in [4.69, 9.17) is 9.31 Å². The lowest BCUT2D eigenvalue weighted by molar-refractivity contribution is -0.137. The Hall–Kier alpha value is -1.87. The number of aromatic nitrogens is 2. The lowest BCUT2D eigenvalue weighted by Crippen LogP contribution is -2.41. The van der Waals surface area contributed by atoms with Crippen LogP contribution in [0.25, 0.3) is 5.69 Å². The Morgan fingerprint density at radius 3 is 2.24 bits per heavy atom. The average molecular weight is 356 g/mol. The Bertz CT molecular complexity index is 786. The summed E-state index contributed by atoms with van der Waals surface area (Å²) in [6.07, 6.45) is -1.93. The van der Waals surface area contributed by atoms with Crippen LogP contribution in [0, 0.1) is 5.82 Å². The summed E-state index contributed by atoms with van der Waals surface area (Å²) in [5.74, 6) is -0.964. The van der Waals surface area contributed by atoms with Gasteiger partial charge in [-0.15, -0.1) is 0 Å². The van der Waals surface area contributed by atoms with E-state index in [0.717, 1.165) is 16.8 Å². The highest BCUT2D eigenvalue weighted by atomic mass is 19.4. The maximum absolute atomic E-state index is 13.2. The first kappa shape index (κ1) is 17.9. The highest BCUT2D eigenvalue weighted by molar-refractivity contribution is 6.62. The van der Waals surface area contributed by atoms with Crippen molar-refractivity contribution in [1.29, 1.82) is 0 Å². The highest BCUT2D eigenvalue weighted by Crippen LogP contribution is 2.37. The van der Waals surface area contributed by atoms with E-state index in [0.29, 0.717) is 11.5 Å². The van der Waals surface area contributed by atoms with Gasteiger partial charge in [0, 0.05) is 17.9 Å². The Kier molecular flexibility index (Phi) is 4.00. The van der Waals surface area contributed by atoms with Crippen molar-refractivity contribution in [2.45, 2.75) is 45.1 Å². The molecule has 0 N–H and O–H groups in total. The fraction of sp³-hybridized carbons (Fsp3) is 0.438. The first-order chi connectivity index (χ1) is 11.4. The fourth-order valence-corrected chi connectivity index (χ4v) is 2.50. The van der Waals surface area contributed by atoms with E-state index in [1.54, 1.807) is 0 Å². The Morgan fingerprint density at radius 2 is 1.68 bits per heavy atom. The average Bonchev–Trinajstić information content (AvgIpc) is 3.01. The van der Waals surface area contributed by atoms with Crippen LogP contribution in [-0.4, -0.2) is 28.1 Å². The zero-order valence-corrected chi connectivity index (χ0v) is 14.2. The minimum atomic E-state index is -4.70. The number of rotatable bonds is 2. The van der Waals surface area contributed by atoms with E-state index in [9.17, 15) is 17.6 Å². The Labute approximate surface area is 142 Å². The van der Waals surface area contributed by atoms with Crippen LogP contribution in [0.3, 0.4) is 0 Å². The molecule has 0 unspecified atom stereocenters. The molecular weight excluding hydrogens is 339 g/mol. The molecule has 4 nitrogen and oxygen atoms in total. The summed E-state index contributed by atoms with van der Waals surface area (Å²) in [5, 5.41) is 3.96. The topological polar surface area (TPSA) is 36.3 Å². The molecule has 0 atom stereocenters. The molecule has 3 rings (SSSR count). The third-order valence-corrected chi connectivity index (χ3v) is 4.64. The number of nitrogens with zero attached hydrogens (tertiary/aromatic N) is 2. The first-order valence-electron chi connectivity index (χ1n) is 7.68. The summed E-state index contributed by atoms with van der Waals surface area (Å²) in [6, 6.07) is 2.45. The second-order valence-electron chi connectivity index (χ2n) is 6.97. The molecule has 0 spiro atoms. The number of halogens is 4. The number of hydrogen-bond donors (Lipinski definition) is 0. The van der Waals surface area contributed by atoms with Crippen LogP contribution in [0.15, 0.2) is 30.6 Å². The van der Waals surface area contributed by atoms with Crippen LogP contribution >= 0.6 is 0 Å². The molecule has 25 heavy (non-hydrogen) atoms. The van der Waals surface area contributed by atoms with Crippen molar-refractivity contribution < 1.29 is 26.9 Å². The second kappa shape index (κ2) is 5.57. The van der Waals surface area contributed by atoms with E-state index in [2.05, 4.69) is 5.10 Å². The van der Waals surface area contributed by atoms with Gasteiger partial charge in [0.1, 0.15) is 5.82 Å². The zero-order chi connectivity index (χ0) is 18.6. The number of alkyl halides is 3. The molecule has 1 fully saturated rings. The van der Waals surface area contributed by atoms with Crippen LogP contribution < -0.4 is 5.46 Å². The van der Waals surface area contributed by atoms with Gasteiger partial charge in [-0.25, -0.2) is 9.07 Å². The largest absolute Gasteiger partial charge is 0.498 e. The Morgan fingerprint density at radius 1 is 1.08 bits per heavy atom. The minimum Gasteiger partial charge on any atom is -0.399 e. The summed E-state index contributed by atoms with van der Waals surface area (Å²) >= 11 is 0. The SMILES string of the molecule is CC1(C)OB(c2cnn(-c3ccc(F)cc3C(F)(F)F)c2)OC1(C)C. The van der Waals surface area contributed by atoms with Crippen molar-refractivity contribution in [3.63, 3.8) is 0 Å². The Balaban J connectivity index is 1.96. The molecule has 1 aromatic heterocycles. The molecule has 1 aromatic carbocycles. The molecule has 0 amide bonds. The van der Waals surface area contributed by atoms with Gasteiger partial charge in [0.15, 0.2) is 0 Å². The van der Waals surface area contributed by atoms with Crippen molar-refractivity contribution >= 4 is 12.6 Å². The number of hydrogen-bond acceptors (Lipinski definition) is 3.